The second-order valence-electron chi connectivity index (χ2n) is 6.92. The highest BCUT2D eigenvalue weighted by Crippen LogP contribution is 2.39. The Bertz CT molecular complexity index is 482. The van der Waals surface area contributed by atoms with Crippen molar-refractivity contribution in [3.8, 4) is 0 Å². The Morgan fingerprint density at radius 3 is 2.62 bits per heavy atom. The van der Waals surface area contributed by atoms with Crippen molar-refractivity contribution in [1.29, 1.82) is 0 Å². The van der Waals surface area contributed by atoms with Crippen molar-refractivity contribution in [1.82, 2.24) is 9.97 Å². The molecule has 4 heteroatoms. The summed E-state index contributed by atoms with van der Waals surface area (Å²) in [5.74, 6) is 5.40. The van der Waals surface area contributed by atoms with Crippen LogP contribution >= 0.6 is 0 Å². The zero-order valence-corrected chi connectivity index (χ0v) is 13.6. The molecule has 1 saturated heterocycles. The Morgan fingerprint density at radius 1 is 1.14 bits per heavy atom. The first kappa shape index (κ1) is 14.6. The molecular weight excluding hydrogens is 260 g/mol. The van der Waals surface area contributed by atoms with Gasteiger partial charge in [-0.15, -0.1) is 0 Å². The minimum atomic E-state index is 0.604. The molecule has 0 radical (unpaired) electrons. The van der Waals surface area contributed by atoms with E-state index in [0.29, 0.717) is 5.92 Å². The van der Waals surface area contributed by atoms with Crippen LogP contribution < -0.4 is 10.2 Å². The Balaban J connectivity index is 1.77. The Hall–Kier alpha value is -1.32. The second kappa shape index (κ2) is 6.20. The number of nitrogens with one attached hydrogen (secondary N) is 1. The molecule has 21 heavy (non-hydrogen) atoms. The Labute approximate surface area is 128 Å². The highest BCUT2D eigenvalue weighted by Gasteiger charge is 2.28. The Kier molecular flexibility index (Phi) is 4.32. The van der Waals surface area contributed by atoms with Crippen molar-refractivity contribution in [2.75, 3.05) is 30.4 Å². The summed E-state index contributed by atoms with van der Waals surface area (Å²) in [5, 5.41) is 3.19. The van der Waals surface area contributed by atoms with E-state index in [9.17, 15) is 0 Å². The molecule has 1 aromatic rings. The van der Waals surface area contributed by atoms with Gasteiger partial charge in [0.1, 0.15) is 17.5 Å². The second-order valence-corrected chi connectivity index (χ2v) is 6.92. The van der Waals surface area contributed by atoms with Crippen molar-refractivity contribution >= 4 is 11.6 Å². The van der Waals surface area contributed by atoms with E-state index in [4.69, 9.17) is 4.98 Å². The van der Waals surface area contributed by atoms with Gasteiger partial charge in [0, 0.05) is 32.1 Å². The van der Waals surface area contributed by atoms with Crippen LogP contribution in [0.3, 0.4) is 0 Å². The molecule has 1 saturated carbocycles. The van der Waals surface area contributed by atoms with E-state index < -0.39 is 0 Å². The van der Waals surface area contributed by atoms with Gasteiger partial charge in [0.2, 0.25) is 0 Å². The van der Waals surface area contributed by atoms with Crippen LogP contribution in [0.15, 0.2) is 6.07 Å². The topological polar surface area (TPSA) is 41.0 Å². The summed E-state index contributed by atoms with van der Waals surface area (Å²) in [4.78, 5) is 11.9. The summed E-state index contributed by atoms with van der Waals surface area (Å²) in [7, 11) is 1.94. The van der Waals surface area contributed by atoms with Gasteiger partial charge in [-0.25, -0.2) is 9.97 Å². The number of hydrogen-bond donors (Lipinski definition) is 1. The van der Waals surface area contributed by atoms with Crippen LogP contribution in [0.1, 0.15) is 57.7 Å². The Morgan fingerprint density at radius 2 is 1.95 bits per heavy atom. The monoisotopic (exact) mass is 288 g/mol. The molecule has 1 atom stereocenters. The molecule has 1 N–H and O–H groups in total. The molecule has 1 unspecified atom stereocenters. The molecule has 116 valence electrons. The predicted molar refractivity (Wildman–Crippen MR) is 87.9 cm³/mol. The molecule has 1 aliphatic carbocycles. The van der Waals surface area contributed by atoms with Crippen LogP contribution in [0.5, 0.6) is 0 Å². The molecule has 2 heterocycles. The zero-order valence-electron chi connectivity index (χ0n) is 13.6. The summed E-state index contributed by atoms with van der Waals surface area (Å²) >= 11 is 0. The first-order valence-corrected chi connectivity index (χ1v) is 8.49. The molecule has 4 nitrogen and oxygen atoms in total. The number of hydrogen-bond acceptors (Lipinski definition) is 4. The zero-order chi connectivity index (χ0) is 14.8. The smallest absolute Gasteiger partial charge is 0.136 e. The fourth-order valence-corrected chi connectivity index (χ4v) is 3.28. The van der Waals surface area contributed by atoms with Crippen LogP contribution in [-0.2, 0) is 0 Å². The first-order valence-electron chi connectivity index (χ1n) is 8.49. The first-order chi connectivity index (χ1) is 10.2. The molecule has 0 amide bonds. The van der Waals surface area contributed by atoms with E-state index in [0.717, 1.165) is 42.4 Å². The lowest BCUT2D eigenvalue weighted by atomic mass is 9.89. The number of rotatable bonds is 4. The van der Waals surface area contributed by atoms with E-state index in [1.54, 1.807) is 0 Å². The van der Waals surface area contributed by atoms with Gasteiger partial charge in [0.25, 0.3) is 0 Å². The summed E-state index contributed by atoms with van der Waals surface area (Å²) in [5.41, 5.74) is 0. The highest BCUT2D eigenvalue weighted by atomic mass is 15.2. The van der Waals surface area contributed by atoms with Crippen LogP contribution in [0.4, 0.5) is 11.6 Å². The summed E-state index contributed by atoms with van der Waals surface area (Å²) in [6, 6.07) is 2.11. The minimum absolute atomic E-state index is 0.604. The third-order valence-electron chi connectivity index (χ3n) is 4.97. The number of nitrogens with zero attached hydrogens (tertiary/aromatic N) is 3. The molecular formula is C17H28N4. The average Bonchev–Trinajstić information content (AvgIpc) is 3.32. The molecule has 0 bridgehead atoms. The maximum Gasteiger partial charge on any atom is 0.136 e. The van der Waals surface area contributed by atoms with Gasteiger partial charge in [0.15, 0.2) is 0 Å². The van der Waals surface area contributed by atoms with Crippen molar-refractivity contribution < 1.29 is 0 Å². The quantitative estimate of drug-likeness (QED) is 0.918. The van der Waals surface area contributed by atoms with Crippen molar-refractivity contribution in [3.05, 3.63) is 11.9 Å². The lowest BCUT2D eigenvalue weighted by Gasteiger charge is -2.23. The van der Waals surface area contributed by atoms with Crippen molar-refractivity contribution in [2.45, 2.75) is 51.9 Å². The molecule has 1 aliphatic heterocycles. The maximum atomic E-state index is 4.85. The lowest BCUT2D eigenvalue weighted by Crippen LogP contribution is -2.26. The van der Waals surface area contributed by atoms with E-state index in [1.165, 1.54) is 32.1 Å². The largest absolute Gasteiger partial charge is 0.373 e. The van der Waals surface area contributed by atoms with Crippen LogP contribution in [0.25, 0.3) is 0 Å². The molecule has 2 fully saturated rings. The maximum absolute atomic E-state index is 4.85. The fraction of sp³-hybridized carbons (Fsp3) is 0.765. The van der Waals surface area contributed by atoms with Crippen molar-refractivity contribution in [3.63, 3.8) is 0 Å². The third kappa shape index (κ3) is 3.47. The van der Waals surface area contributed by atoms with Gasteiger partial charge in [0.05, 0.1) is 0 Å². The van der Waals surface area contributed by atoms with Gasteiger partial charge < -0.3 is 10.2 Å². The minimum Gasteiger partial charge on any atom is -0.373 e. The SMILES string of the molecule is CNc1cc(N2CCCC(C(C)C)CC2)nc(C2CC2)n1. The summed E-state index contributed by atoms with van der Waals surface area (Å²) in [6.45, 7) is 6.98. The number of anilines is 2. The normalized spacial score (nSPS) is 23.2. The van der Waals surface area contributed by atoms with Gasteiger partial charge in [-0.05, 0) is 43.9 Å². The molecule has 0 aromatic carbocycles. The van der Waals surface area contributed by atoms with Crippen molar-refractivity contribution in [2.24, 2.45) is 11.8 Å². The van der Waals surface area contributed by atoms with Gasteiger partial charge >= 0.3 is 0 Å². The molecule has 0 spiro atoms. The third-order valence-corrected chi connectivity index (χ3v) is 4.97. The molecule has 3 rings (SSSR count). The standard InChI is InChI=1S/C17H28N4/c1-12(2)13-5-4-9-21(10-8-13)16-11-15(18-3)19-17(20-16)14-6-7-14/h11-14H,4-10H2,1-3H3,(H,18,19,20). The van der Waals surface area contributed by atoms with E-state index in [-0.39, 0.29) is 0 Å². The molecule has 2 aliphatic rings. The van der Waals surface area contributed by atoms with Gasteiger partial charge in [-0.1, -0.05) is 13.8 Å². The average molecular weight is 288 g/mol. The molecule has 1 aromatic heterocycles. The van der Waals surface area contributed by atoms with E-state index in [2.05, 4.69) is 35.1 Å². The highest BCUT2D eigenvalue weighted by molar-refractivity contribution is 5.49. The summed E-state index contributed by atoms with van der Waals surface area (Å²) < 4.78 is 0. The van der Waals surface area contributed by atoms with Gasteiger partial charge in [-0.2, -0.15) is 0 Å². The predicted octanol–water partition coefficient (Wildman–Crippen LogP) is 3.66. The lowest BCUT2D eigenvalue weighted by molar-refractivity contribution is 0.351. The van der Waals surface area contributed by atoms with E-state index in [1.807, 2.05) is 7.05 Å². The number of aromatic nitrogens is 2. The summed E-state index contributed by atoms with van der Waals surface area (Å²) in [6.07, 6.45) is 6.42. The van der Waals surface area contributed by atoms with Crippen LogP contribution in [0.2, 0.25) is 0 Å². The van der Waals surface area contributed by atoms with Crippen LogP contribution in [0, 0.1) is 11.8 Å². The van der Waals surface area contributed by atoms with Gasteiger partial charge in [-0.3, -0.25) is 0 Å². The van der Waals surface area contributed by atoms with E-state index >= 15 is 0 Å². The van der Waals surface area contributed by atoms with Crippen LogP contribution in [-0.4, -0.2) is 30.1 Å². The fourth-order valence-electron chi connectivity index (χ4n) is 3.28.